The minimum absolute atomic E-state index is 0.00836. The summed E-state index contributed by atoms with van der Waals surface area (Å²) in [5, 5.41) is 9.94. The van der Waals surface area contributed by atoms with E-state index in [0.717, 1.165) is 0 Å². The van der Waals surface area contributed by atoms with Crippen molar-refractivity contribution < 1.29 is 13.5 Å². The van der Waals surface area contributed by atoms with E-state index in [4.69, 9.17) is 5.73 Å². The second-order valence-electron chi connectivity index (χ2n) is 5.21. The number of nitrogen functional groups attached to an aromatic ring is 1. The number of aromatic nitrogens is 1. The molecule has 0 unspecified atom stereocenters. The third kappa shape index (κ3) is 3.18. The molecule has 0 aliphatic rings. The molecule has 0 fully saturated rings. The quantitative estimate of drug-likeness (QED) is 0.740. The molecule has 4 N–H and O–H groups in total. The topological polar surface area (TPSA) is 105 Å². The molecule has 1 heterocycles. The maximum Gasteiger partial charge on any atom is 0.242 e. The van der Waals surface area contributed by atoms with E-state index in [1.807, 2.05) is 0 Å². The van der Waals surface area contributed by atoms with Crippen LogP contribution in [-0.2, 0) is 10.0 Å². The number of nitrogens with one attached hydrogen (secondary N) is 1. The van der Waals surface area contributed by atoms with E-state index in [1.54, 1.807) is 13.8 Å². The Morgan fingerprint density at radius 1 is 1.28 bits per heavy atom. The van der Waals surface area contributed by atoms with Crippen molar-refractivity contribution in [3.63, 3.8) is 0 Å². The molecule has 0 spiro atoms. The Hall–Kier alpha value is -1.18. The van der Waals surface area contributed by atoms with E-state index in [9.17, 15) is 13.5 Å². The van der Waals surface area contributed by atoms with Gasteiger partial charge < -0.3 is 10.8 Å². The van der Waals surface area contributed by atoms with Gasteiger partial charge in [-0.25, -0.2) is 18.1 Å². The predicted molar refractivity (Wildman–Crippen MR) is 69.3 cm³/mol. The lowest BCUT2D eigenvalue weighted by molar-refractivity contribution is 0.00638. The highest BCUT2D eigenvalue weighted by Crippen LogP contribution is 2.23. The molecule has 0 aliphatic heterocycles. The lowest BCUT2D eigenvalue weighted by Crippen LogP contribution is -2.57. The summed E-state index contributed by atoms with van der Waals surface area (Å²) >= 11 is 0. The van der Waals surface area contributed by atoms with Gasteiger partial charge in [0, 0.05) is 6.20 Å². The van der Waals surface area contributed by atoms with Crippen LogP contribution in [0.4, 0.5) is 5.82 Å². The van der Waals surface area contributed by atoms with Crippen molar-refractivity contribution in [3.05, 3.63) is 18.3 Å². The molecule has 0 saturated carbocycles. The van der Waals surface area contributed by atoms with Gasteiger partial charge in [-0.05, 0) is 39.8 Å². The molecule has 0 atom stereocenters. The first-order valence-corrected chi connectivity index (χ1v) is 6.92. The number of hydrogen-bond acceptors (Lipinski definition) is 5. The van der Waals surface area contributed by atoms with E-state index in [-0.39, 0.29) is 10.7 Å². The summed E-state index contributed by atoms with van der Waals surface area (Å²) in [6.07, 6.45) is 1.18. The fraction of sp³-hybridized carbons (Fsp3) is 0.545. The fourth-order valence-electron chi connectivity index (χ4n) is 1.07. The highest BCUT2D eigenvalue weighted by Gasteiger charge is 2.38. The Kier molecular flexibility index (Phi) is 3.71. The van der Waals surface area contributed by atoms with Crippen LogP contribution in [0.5, 0.6) is 0 Å². The van der Waals surface area contributed by atoms with Gasteiger partial charge >= 0.3 is 0 Å². The van der Waals surface area contributed by atoms with Gasteiger partial charge in [0.05, 0.1) is 11.1 Å². The Bertz CT molecular complexity index is 515. The van der Waals surface area contributed by atoms with Crippen molar-refractivity contribution in [2.24, 2.45) is 0 Å². The molecule has 1 aromatic rings. The zero-order valence-corrected chi connectivity index (χ0v) is 11.7. The minimum atomic E-state index is -3.75. The minimum Gasteiger partial charge on any atom is -0.389 e. The van der Waals surface area contributed by atoms with Gasteiger partial charge in [0.15, 0.2) is 0 Å². The molecule has 102 valence electrons. The zero-order chi connectivity index (χ0) is 14.2. The standard InChI is InChI=1S/C11H19N3O3S/c1-10(2,11(3,4)15)14-18(16,17)8-5-6-9(12)13-7-8/h5-7,14-15H,1-4H3,(H2,12,13). The second-order valence-corrected chi connectivity index (χ2v) is 6.89. The molecule has 0 amide bonds. The molecule has 6 nitrogen and oxygen atoms in total. The number of sulfonamides is 1. The third-order valence-electron chi connectivity index (χ3n) is 2.99. The third-order valence-corrected chi connectivity index (χ3v) is 4.63. The smallest absolute Gasteiger partial charge is 0.242 e. The normalized spacial score (nSPS) is 13.6. The molecule has 0 aromatic carbocycles. The lowest BCUT2D eigenvalue weighted by atomic mass is 9.87. The largest absolute Gasteiger partial charge is 0.389 e. The van der Waals surface area contributed by atoms with Crippen molar-refractivity contribution in [1.29, 1.82) is 0 Å². The van der Waals surface area contributed by atoms with E-state index in [0.29, 0.717) is 0 Å². The second kappa shape index (κ2) is 4.49. The Morgan fingerprint density at radius 2 is 1.83 bits per heavy atom. The molecule has 1 rings (SSSR count). The van der Waals surface area contributed by atoms with Gasteiger partial charge in [0.25, 0.3) is 0 Å². The first kappa shape index (κ1) is 14.9. The number of nitrogens with two attached hydrogens (primary N) is 1. The molecule has 7 heteroatoms. The SMILES string of the molecule is CC(C)(O)C(C)(C)NS(=O)(=O)c1ccc(N)nc1. The highest BCUT2D eigenvalue weighted by molar-refractivity contribution is 7.89. The van der Waals surface area contributed by atoms with Crippen molar-refractivity contribution in [1.82, 2.24) is 9.71 Å². The van der Waals surface area contributed by atoms with Gasteiger partial charge in [-0.1, -0.05) is 0 Å². The molecule has 0 aliphatic carbocycles. The summed E-state index contributed by atoms with van der Waals surface area (Å²) in [6, 6.07) is 2.77. The number of aliphatic hydroxyl groups is 1. The number of rotatable bonds is 4. The van der Waals surface area contributed by atoms with Crippen LogP contribution in [0.15, 0.2) is 23.2 Å². The van der Waals surface area contributed by atoms with Gasteiger partial charge in [-0.3, -0.25) is 0 Å². The van der Waals surface area contributed by atoms with Crippen LogP contribution in [0.25, 0.3) is 0 Å². The number of hydrogen-bond donors (Lipinski definition) is 3. The van der Waals surface area contributed by atoms with Crippen LogP contribution in [-0.4, -0.2) is 29.6 Å². The van der Waals surface area contributed by atoms with E-state index >= 15 is 0 Å². The molecular formula is C11H19N3O3S. The van der Waals surface area contributed by atoms with Gasteiger partial charge in [0.1, 0.15) is 10.7 Å². The van der Waals surface area contributed by atoms with E-state index in [1.165, 1.54) is 32.2 Å². The van der Waals surface area contributed by atoms with Crippen molar-refractivity contribution in [2.75, 3.05) is 5.73 Å². The van der Waals surface area contributed by atoms with Crippen LogP contribution < -0.4 is 10.5 Å². The van der Waals surface area contributed by atoms with Gasteiger partial charge in [-0.15, -0.1) is 0 Å². The van der Waals surface area contributed by atoms with Gasteiger partial charge in [-0.2, -0.15) is 0 Å². The summed E-state index contributed by atoms with van der Waals surface area (Å²) in [5.74, 6) is 0.246. The Balaban J connectivity index is 3.07. The number of nitrogens with zero attached hydrogens (tertiary/aromatic N) is 1. The monoisotopic (exact) mass is 273 g/mol. The predicted octanol–water partition coefficient (Wildman–Crippen LogP) is 0.492. The molecule has 0 bridgehead atoms. The molecule has 0 radical (unpaired) electrons. The summed E-state index contributed by atoms with van der Waals surface area (Å²) in [7, 11) is -3.75. The summed E-state index contributed by atoms with van der Waals surface area (Å²) in [5.41, 5.74) is 3.17. The van der Waals surface area contributed by atoms with Crippen LogP contribution in [0.2, 0.25) is 0 Å². The zero-order valence-electron chi connectivity index (χ0n) is 10.9. The average molecular weight is 273 g/mol. The van der Waals surface area contributed by atoms with Crippen LogP contribution >= 0.6 is 0 Å². The highest BCUT2D eigenvalue weighted by atomic mass is 32.2. The first-order valence-electron chi connectivity index (χ1n) is 5.44. The van der Waals surface area contributed by atoms with Crippen molar-refractivity contribution >= 4 is 15.8 Å². The number of anilines is 1. The van der Waals surface area contributed by atoms with Crippen LogP contribution in [0.1, 0.15) is 27.7 Å². The van der Waals surface area contributed by atoms with Crippen molar-refractivity contribution in [2.45, 2.75) is 43.7 Å². The molecule has 0 saturated heterocycles. The Labute approximate surface area is 107 Å². The van der Waals surface area contributed by atoms with Crippen LogP contribution in [0, 0.1) is 0 Å². The van der Waals surface area contributed by atoms with Gasteiger partial charge in [0.2, 0.25) is 10.0 Å². The molecule has 18 heavy (non-hydrogen) atoms. The molecule has 1 aromatic heterocycles. The van der Waals surface area contributed by atoms with Crippen molar-refractivity contribution in [3.8, 4) is 0 Å². The summed E-state index contributed by atoms with van der Waals surface area (Å²) in [4.78, 5) is 3.74. The average Bonchev–Trinajstić information content (AvgIpc) is 2.14. The Morgan fingerprint density at radius 3 is 2.22 bits per heavy atom. The maximum atomic E-state index is 12.1. The fourth-order valence-corrected chi connectivity index (χ4v) is 2.55. The lowest BCUT2D eigenvalue weighted by Gasteiger charge is -2.37. The van der Waals surface area contributed by atoms with Crippen LogP contribution in [0.3, 0.4) is 0 Å². The summed E-state index contributed by atoms with van der Waals surface area (Å²) in [6.45, 7) is 6.29. The summed E-state index contributed by atoms with van der Waals surface area (Å²) < 4.78 is 26.7. The number of pyridine rings is 1. The van der Waals surface area contributed by atoms with E-state index < -0.39 is 21.2 Å². The molecular weight excluding hydrogens is 254 g/mol. The van der Waals surface area contributed by atoms with E-state index in [2.05, 4.69) is 9.71 Å². The maximum absolute atomic E-state index is 12.1. The first-order chi connectivity index (χ1) is 7.96.